The fourth-order valence-electron chi connectivity index (χ4n) is 4.15. The van der Waals surface area contributed by atoms with Crippen molar-refractivity contribution < 1.29 is 19.1 Å². The molecule has 29 heavy (non-hydrogen) atoms. The van der Waals surface area contributed by atoms with Crippen LogP contribution in [-0.4, -0.2) is 46.9 Å². The van der Waals surface area contributed by atoms with Crippen molar-refractivity contribution in [2.45, 2.75) is 45.2 Å². The minimum Gasteiger partial charge on any atom is -0.493 e. The Morgan fingerprint density at radius 2 is 2.00 bits per heavy atom. The summed E-state index contributed by atoms with van der Waals surface area (Å²) >= 11 is 0. The van der Waals surface area contributed by atoms with E-state index in [0.717, 1.165) is 25.7 Å². The third-order valence-corrected chi connectivity index (χ3v) is 5.62. The second-order valence-electron chi connectivity index (χ2n) is 7.34. The SMILES string of the molecule is COc1nc2c(cc1C(=O)Nc1ccnc(C)c1OC)C(=O)N(C1CCCC1)C2. The number of fused-ring (bicyclic) bond motifs is 1. The number of hydrogen-bond donors (Lipinski definition) is 1. The summed E-state index contributed by atoms with van der Waals surface area (Å²) in [5, 5.41) is 2.82. The van der Waals surface area contributed by atoms with Crippen LogP contribution < -0.4 is 14.8 Å². The average molecular weight is 396 g/mol. The third kappa shape index (κ3) is 3.39. The molecule has 152 valence electrons. The van der Waals surface area contributed by atoms with Gasteiger partial charge in [-0.05, 0) is 31.9 Å². The summed E-state index contributed by atoms with van der Waals surface area (Å²) < 4.78 is 10.7. The summed E-state index contributed by atoms with van der Waals surface area (Å²) in [7, 11) is 2.99. The van der Waals surface area contributed by atoms with Gasteiger partial charge in [-0.1, -0.05) is 12.8 Å². The van der Waals surface area contributed by atoms with Gasteiger partial charge in [-0.3, -0.25) is 14.6 Å². The molecule has 4 rings (SSSR count). The van der Waals surface area contributed by atoms with Gasteiger partial charge in [0.15, 0.2) is 5.75 Å². The van der Waals surface area contributed by atoms with Crippen molar-refractivity contribution in [3.8, 4) is 11.6 Å². The Balaban J connectivity index is 1.65. The highest BCUT2D eigenvalue weighted by Gasteiger charge is 2.36. The van der Waals surface area contributed by atoms with Gasteiger partial charge in [-0.25, -0.2) is 4.98 Å². The minimum absolute atomic E-state index is 0.0616. The highest BCUT2D eigenvalue weighted by molar-refractivity contribution is 6.09. The Bertz CT molecular complexity index is 969. The molecule has 0 atom stereocenters. The van der Waals surface area contributed by atoms with Crippen LogP contribution in [0.25, 0.3) is 0 Å². The Kier molecular flexibility index (Phi) is 5.08. The maximum absolute atomic E-state index is 13.0. The van der Waals surface area contributed by atoms with Crippen molar-refractivity contribution in [3.63, 3.8) is 0 Å². The Morgan fingerprint density at radius 3 is 2.69 bits per heavy atom. The van der Waals surface area contributed by atoms with Crippen LogP contribution in [0.1, 0.15) is 57.8 Å². The number of ether oxygens (including phenoxy) is 2. The first kappa shape index (κ1) is 19.2. The first-order chi connectivity index (χ1) is 14.0. The van der Waals surface area contributed by atoms with Crippen LogP contribution in [-0.2, 0) is 6.54 Å². The van der Waals surface area contributed by atoms with E-state index in [1.165, 1.54) is 14.2 Å². The van der Waals surface area contributed by atoms with Crippen LogP contribution in [0.3, 0.4) is 0 Å². The number of nitrogens with one attached hydrogen (secondary N) is 1. The molecule has 1 aliphatic carbocycles. The quantitative estimate of drug-likeness (QED) is 0.835. The number of pyridine rings is 2. The number of carbonyl (C=O) groups is 2. The predicted octanol–water partition coefficient (Wildman–Crippen LogP) is 2.95. The van der Waals surface area contributed by atoms with Crippen LogP contribution in [0.2, 0.25) is 0 Å². The Labute approximate surface area is 169 Å². The second kappa shape index (κ2) is 7.69. The highest BCUT2D eigenvalue weighted by Crippen LogP contribution is 2.34. The van der Waals surface area contributed by atoms with Crippen molar-refractivity contribution in [2.75, 3.05) is 19.5 Å². The van der Waals surface area contributed by atoms with E-state index in [-0.39, 0.29) is 23.4 Å². The zero-order valence-corrected chi connectivity index (χ0v) is 16.8. The molecular formula is C21H24N4O4. The molecule has 2 aromatic rings. The number of nitrogens with zero attached hydrogens (tertiary/aromatic N) is 3. The molecule has 0 radical (unpaired) electrons. The molecule has 1 saturated carbocycles. The Morgan fingerprint density at radius 1 is 1.24 bits per heavy atom. The number of anilines is 1. The maximum atomic E-state index is 13.0. The smallest absolute Gasteiger partial charge is 0.261 e. The molecule has 1 fully saturated rings. The molecule has 0 saturated heterocycles. The lowest BCUT2D eigenvalue weighted by Gasteiger charge is -2.22. The molecule has 3 heterocycles. The highest BCUT2D eigenvalue weighted by atomic mass is 16.5. The standard InChI is InChI=1S/C21H24N4O4/c1-12-18(28-2)16(8-9-22-12)23-19(26)15-10-14-17(24-20(15)29-3)11-25(21(14)27)13-6-4-5-7-13/h8-10,13H,4-7,11H2,1-3H3,(H,22,23,26). The van der Waals surface area contributed by atoms with Gasteiger partial charge in [0.2, 0.25) is 5.88 Å². The lowest BCUT2D eigenvalue weighted by atomic mass is 10.1. The van der Waals surface area contributed by atoms with Crippen molar-refractivity contribution >= 4 is 17.5 Å². The van der Waals surface area contributed by atoms with E-state index in [1.54, 1.807) is 25.3 Å². The molecular weight excluding hydrogens is 372 g/mol. The van der Waals surface area contributed by atoms with Gasteiger partial charge in [0, 0.05) is 12.2 Å². The van der Waals surface area contributed by atoms with Crippen LogP contribution in [0.15, 0.2) is 18.3 Å². The van der Waals surface area contributed by atoms with E-state index in [2.05, 4.69) is 15.3 Å². The largest absolute Gasteiger partial charge is 0.493 e. The molecule has 2 aromatic heterocycles. The van der Waals surface area contributed by atoms with E-state index in [9.17, 15) is 9.59 Å². The van der Waals surface area contributed by atoms with Gasteiger partial charge in [-0.2, -0.15) is 0 Å². The van der Waals surface area contributed by atoms with E-state index >= 15 is 0 Å². The molecule has 2 aliphatic rings. The van der Waals surface area contributed by atoms with Crippen LogP contribution >= 0.6 is 0 Å². The summed E-state index contributed by atoms with van der Waals surface area (Å²) in [6.07, 6.45) is 5.91. The van der Waals surface area contributed by atoms with Crippen molar-refractivity contribution in [1.29, 1.82) is 0 Å². The molecule has 8 nitrogen and oxygen atoms in total. The van der Waals surface area contributed by atoms with E-state index < -0.39 is 5.91 Å². The second-order valence-corrected chi connectivity index (χ2v) is 7.34. The zero-order valence-electron chi connectivity index (χ0n) is 16.8. The summed E-state index contributed by atoms with van der Waals surface area (Å²) in [5.74, 6) is 0.200. The topological polar surface area (TPSA) is 93.6 Å². The molecule has 0 bridgehead atoms. The first-order valence-corrected chi connectivity index (χ1v) is 9.73. The number of rotatable bonds is 5. The van der Waals surface area contributed by atoms with Crippen LogP contribution in [0.4, 0.5) is 5.69 Å². The normalized spacial score (nSPS) is 16.1. The van der Waals surface area contributed by atoms with Crippen LogP contribution in [0, 0.1) is 6.92 Å². The number of hydrogen-bond acceptors (Lipinski definition) is 6. The zero-order chi connectivity index (χ0) is 20.5. The summed E-state index contributed by atoms with van der Waals surface area (Å²) in [6, 6.07) is 3.50. The number of aromatic nitrogens is 2. The predicted molar refractivity (Wildman–Crippen MR) is 106 cm³/mol. The molecule has 1 aliphatic heterocycles. The molecule has 8 heteroatoms. The average Bonchev–Trinajstić information content (AvgIpc) is 3.35. The number of methoxy groups -OCH3 is 2. The van der Waals surface area contributed by atoms with Gasteiger partial charge in [0.25, 0.3) is 11.8 Å². The van der Waals surface area contributed by atoms with Crippen molar-refractivity contribution in [1.82, 2.24) is 14.9 Å². The summed E-state index contributed by atoms with van der Waals surface area (Å²) in [4.78, 5) is 36.4. The maximum Gasteiger partial charge on any atom is 0.261 e. The van der Waals surface area contributed by atoms with Gasteiger partial charge in [-0.15, -0.1) is 0 Å². The van der Waals surface area contributed by atoms with Gasteiger partial charge in [0.05, 0.1) is 43.4 Å². The first-order valence-electron chi connectivity index (χ1n) is 9.73. The molecule has 0 aromatic carbocycles. The lowest BCUT2D eigenvalue weighted by Crippen LogP contribution is -2.33. The molecule has 0 spiro atoms. The fourth-order valence-corrected chi connectivity index (χ4v) is 4.15. The Hall–Kier alpha value is -3.16. The third-order valence-electron chi connectivity index (χ3n) is 5.62. The van der Waals surface area contributed by atoms with Crippen LogP contribution in [0.5, 0.6) is 11.6 Å². The number of carbonyl (C=O) groups excluding carboxylic acids is 2. The van der Waals surface area contributed by atoms with Gasteiger partial charge < -0.3 is 19.7 Å². The molecule has 0 unspecified atom stereocenters. The summed E-state index contributed by atoms with van der Waals surface area (Å²) in [5.41, 5.74) is 2.50. The van der Waals surface area contributed by atoms with E-state index in [0.29, 0.717) is 34.9 Å². The van der Waals surface area contributed by atoms with Crippen molar-refractivity contribution in [2.24, 2.45) is 0 Å². The van der Waals surface area contributed by atoms with E-state index in [4.69, 9.17) is 9.47 Å². The van der Waals surface area contributed by atoms with Crippen molar-refractivity contribution in [3.05, 3.63) is 40.8 Å². The number of aryl methyl sites for hydroxylation is 1. The van der Waals surface area contributed by atoms with Gasteiger partial charge in [0.1, 0.15) is 5.56 Å². The number of amides is 2. The summed E-state index contributed by atoms with van der Waals surface area (Å²) in [6.45, 7) is 2.26. The lowest BCUT2D eigenvalue weighted by molar-refractivity contribution is 0.0706. The minimum atomic E-state index is -0.423. The molecule has 1 N–H and O–H groups in total. The van der Waals surface area contributed by atoms with Gasteiger partial charge >= 0.3 is 0 Å². The van der Waals surface area contributed by atoms with E-state index in [1.807, 2.05) is 4.90 Å². The molecule has 2 amide bonds. The monoisotopic (exact) mass is 396 g/mol. The fraction of sp³-hybridized carbons (Fsp3) is 0.429.